The monoisotopic (exact) mass is 370 g/mol. The summed E-state index contributed by atoms with van der Waals surface area (Å²) in [5.41, 5.74) is 1.46. The molecule has 110 valence electrons. The lowest BCUT2D eigenvalue weighted by Gasteiger charge is -2.10. The fourth-order valence-corrected chi connectivity index (χ4v) is 4.12. The first-order valence-electron chi connectivity index (χ1n) is 6.18. The van der Waals surface area contributed by atoms with Gasteiger partial charge in [-0.2, -0.15) is 5.10 Å². The Morgan fingerprint density at radius 3 is 2.81 bits per heavy atom. The maximum absolute atomic E-state index is 11.7. The van der Waals surface area contributed by atoms with E-state index in [2.05, 4.69) is 21.0 Å². The van der Waals surface area contributed by atoms with Gasteiger partial charge in [0, 0.05) is 10.0 Å². The van der Waals surface area contributed by atoms with Crippen LogP contribution in [-0.4, -0.2) is 35.0 Å². The Hall–Kier alpha value is -1.67. The Balaban J connectivity index is 2.22. The van der Waals surface area contributed by atoms with E-state index in [9.17, 15) is 18.3 Å². The molecule has 1 aliphatic rings. The molecule has 0 unspecified atom stereocenters. The van der Waals surface area contributed by atoms with Gasteiger partial charge in [0.05, 0.1) is 22.9 Å². The molecule has 0 fully saturated rings. The highest BCUT2D eigenvalue weighted by molar-refractivity contribution is 9.10. The Morgan fingerprint density at radius 1 is 1.38 bits per heavy atom. The summed E-state index contributed by atoms with van der Waals surface area (Å²) in [6.45, 7) is 0. The van der Waals surface area contributed by atoms with Crippen LogP contribution >= 0.6 is 15.9 Å². The van der Waals surface area contributed by atoms with Gasteiger partial charge in [-0.1, -0.05) is 22.0 Å². The zero-order chi connectivity index (χ0) is 15.2. The molecule has 0 saturated carbocycles. The van der Waals surface area contributed by atoms with Crippen molar-refractivity contribution in [1.82, 2.24) is 9.78 Å². The van der Waals surface area contributed by atoms with Crippen molar-refractivity contribution in [2.24, 2.45) is 0 Å². The maximum Gasteiger partial charge on any atom is 0.354 e. The first-order valence-corrected chi connectivity index (χ1v) is 8.79. The number of aromatic nitrogens is 2. The van der Waals surface area contributed by atoms with Crippen LogP contribution in [0, 0.1) is 0 Å². The molecule has 1 aromatic heterocycles. The largest absolute Gasteiger partial charge is 0.476 e. The van der Waals surface area contributed by atoms with Gasteiger partial charge < -0.3 is 5.11 Å². The summed E-state index contributed by atoms with van der Waals surface area (Å²) in [4.78, 5) is 11.6. The topological polar surface area (TPSA) is 89.3 Å². The van der Waals surface area contributed by atoms with E-state index in [0.717, 1.165) is 4.47 Å². The fraction of sp³-hybridized carbons (Fsp3) is 0.231. The number of hydrogen-bond acceptors (Lipinski definition) is 4. The fourth-order valence-electron chi connectivity index (χ4n) is 2.43. The molecule has 0 amide bonds. The van der Waals surface area contributed by atoms with Crippen LogP contribution in [0.4, 0.5) is 0 Å². The van der Waals surface area contributed by atoms with Gasteiger partial charge in [-0.05, 0) is 24.6 Å². The molecule has 1 aliphatic heterocycles. The number of halogens is 1. The Labute approximate surface area is 129 Å². The van der Waals surface area contributed by atoms with Crippen LogP contribution in [0.5, 0.6) is 0 Å². The second kappa shape index (κ2) is 4.96. The van der Waals surface area contributed by atoms with Crippen molar-refractivity contribution in [3.63, 3.8) is 0 Å². The summed E-state index contributed by atoms with van der Waals surface area (Å²) < 4.78 is 25.5. The van der Waals surface area contributed by atoms with Crippen LogP contribution in [0.15, 0.2) is 28.7 Å². The molecule has 3 rings (SSSR count). The highest BCUT2D eigenvalue weighted by Crippen LogP contribution is 2.26. The second-order valence-electron chi connectivity index (χ2n) is 4.81. The summed E-state index contributed by atoms with van der Waals surface area (Å²) in [6, 6.07) is 7.05. The minimum absolute atomic E-state index is 0.0372. The summed E-state index contributed by atoms with van der Waals surface area (Å²) in [7, 11) is -3.19. The van der Waals surface area contributed by atoms with E-state index in [1.54, 1.807) is 18.2 Å². The third kappa shape index (κ3) is 2.60. The number of carboxylic acids is 1. The van der Waals surface area contributed by atoms with E-state index in [0.29, 0.717) is 16.9 Å². The SMILES string of the molecule is O=C(O)c1c2c(nn1-c1cccc(Br)c1)CS(=O)(=O)CC2. The average Bonchev–Trinajstić information content (AvgIpc) is 2.75. The van der Waals surface area contributed by atoms with Crippen molar-refractivity contribution >= 4 is 31.7 Å². The van der Waals surface area contributed by atoms with E-state index < -0.39 is 15.8 Å². The van der Waals surface area contributed by atoms with Crippen LogP contribution in [0.2, 0.25) is 0 Å². The number of nitrogens with zero attached hydrogens (tertiary/aromatic N) is 2. The Bertz CT molecular complexity index is 842. The number of aromatic carboxylic acids is 1. The van der Waals surface area contributed by atoms with E-state index in [1.807, 2.05) is 6.07 Å². The quantitative estimate of drug-likeness (QED) is 0.870. The van der Waals surface area contributed by atoms with Crippen molar-refractivity contribution < 1.29 is 18.3 Å². The molecule has 2 aromatic rings. The van der Waals surface area contributed by atoms with Crippen molar-refractivity contribution in [2.45, 2.75) is 12.2 Å². The smallest absolute Gasteiger partial charge is 0.354 e. The van der Waals surface area contributed by atoms with Crippen LogP contribution in [0.25, 0.3) is 5.69 Å². The molecule has 0 aliphatic carbocycles. The van der Waals surface area contributed by atoms with Crippen LogP contribution in [0.3, 0.4) is 0 Å². The standard InChI is InChI=1S/C13H11BrN2O4S/c14-8-2-1-3-9(6-8)16-12(13(17)18)10-4-5-21(19,20)7-11(10)15-16/h1-3,6H,4-5,7H2,(H,17,18). The molecule has 1 aromatic carbocycles. The molecule has 0 spiro atoms. The predicted molar refractivity (Wildman–Crippen MR) is 79.4 cm³/mol. The van der Waals surface area contributed by atoms with E-state index in [4.69, 9.17) is 0 Å². The zero-order valence-corrected chi connectivity index (χ0v) is 13.2. The van der Waals surface area contributed by atoms with Crippen LogP contribution < -0.4 is 0 Å². The molecule has 21 heavy (non-hydrogen) atoms. The number of fused-ring (bicyclic) bond motifs is 1. The molecule has 2 heterocycles. The molecule has 1 N–H and O–H groups in total. The molecular weight excluding hydrogens is 360 g/mol. The molecule has 0 bridgehead atoms. The van der Waals surface area contributed by atoms with Gasteiger partial charge >= 0.3 is 5.97 Å². The number of carboxylic acid groups (broad SMARTS) is 1. The average molecular weight is 371 g/mol. The summed E-state index contributed by atoms with van der Waals surface area (Å²) in [6.07, 6.45) is 0.188. The van der Waals surface area contributed by atoms with Gasteiger partial charge in [-0.25, -0.2) is 17.9 Å². The van der Waals surface area contributed by atoms with E-state index in [-0.39, 0.29) is 23.6 Å². The van der Waals surface area contributed by atoms with Crippen molar-refractivity contribution in [3.05, 3.63) is 45.7 Å². The molecule has 8 heteroatoms. The highest BCUT2D eigenvalue weighted by atomic mass is 79.9. The lowest BCUT2D eigenvalue weighted by molar-refractivity contribution is 0.0685. The molecule has 0 radical (unpaired) electrons. The molecular formula is C13H11BrN2O4S. The zero-order valence-electron chi connectivity index (χ0n) is 10.8. The third-order valence-electron chi connectivity index (χ3n) is 3.34. The van der Waals surface area contributed by atoms with Gasteiger partial charge in [-0.3, -0.25) is 0 Å². The first kappa shape index (κ1) is 14.3. The normalized spacial score (nSPS) is 16.4. The van der Waals surface area contributed by atoms with E-state index >= 15 is 0 Å². The highest BCUT2D eigenvalue weighted by Gasteiger charge is 2.31. The number of benzene rings is 1. The summed E-state index contributed by atoms with van der Waals surface area (Å²) in [5.74, 6) is -1.35. The van der Waals surface area contributed by atoms with E-state index in [1.165, 1.54) is 4.68 Å². The van der Waals surface area contributed by atoms with Crippen molar-refractivity contribution in [3.8, 4) is 5.69 Å². The van der Waals surface area contributed by atoms with Crippen molar-refractivity contribution in [2.75, 3.05) is 5.75 Å². The molecule has 0 atom stereocenters. The maximum atomic E-state index is 11.7. The van der Waals surface area contributed by atoms with Gasteiger partial charge in [0.15, 0.2) is 15.5 Å². The minimum atomic E-state index is -3.19. The number of sulfone groups is 1. The lowest BCUT2D eigenvalue weighted by Crippen LogP contribution is -2.19. The van der Waals surface area contributed by atoms with Crippen LogP contribution in [-0.2, 0) is 22.0 Å². The molecule has 0 saturated heterocycles. The predicted octanol–water partition coefficient (Wildman–Crippen LogP) is 1.80. The third-order valence-corrected chi connectivity index (χ3v) is 5.37. The first-order chi connectivity index (χ1) is 9.87. The Kier molecular flexibility index (Phi) is 3.37. The number of rotatable bonds is 2. The Morgan fingerprint density at radius 2 is 2.14 bits per heavy atom. The van der Waals surface area contributed by atoms with Gasteiger partial charge in [0.2, 0.25) is 0 Å². The second-order valence-corrected chi connectivity index (χ2v) is 7.91. The lowest BCUT2D eigenvalue weighted by atomic mass is 10.1. The number of carbonyl (C=O) groups is 1. The van der Waals surface area contributed by atoms with Crippen LogP contribution in [0.1, 0.15) is 21.7 Å². The summed E-state index contributed by atoms with van der Waals surface area (Å²) in [5, 5.41) is 13.7. The minimum Gasteiger partial charge on any atom is -0.476 e. The van der Waals surface area contributed by atoms with Gasteiger partial charge in [-0.15, -0.1) is 0 Å². The van der Waals surface area contributed by atoms with Gasteiger partial charge in [0.25, 0.3) is 0 Å². The van der Waals surface area contributed by atoms with Crippen molar-refractivity contribution in [1.29, 1.82) is 0 Å². The van der Waals surface area contributed by atoms with Gasteiger partial charge in [0.1, 0.15) is 0 Å². The molecule has 6 nitrogen and oxygen atoms in total. The number of hydrogen-bond donors (Lipinski definition) is 1. The summed E-state index contributed by atoms with van der Waals surface area (Å²) >= 11 is 3.33.